The summed E-state index contributed by atoms with van der Waals surface area (Å²) in [7, 11) is -3.37. The van der Waals surface area contributed by atoms with E-state index in [1.165, 1.54) is 0 Å². The summed E-state index contributed by atoms with van der Waals surface area (Å²) < 4.78 is 25.5. The van der Waals surface area contributed by atoms with Crippen LogP contribution in [0.1, 0.15) is 39.5 Å². The lowest BCUT2D eigenvalue weighted by atomic mass is 9.87. The number of carboxylic acid groups (broad SMARTS) is 1. The molecule has 0 bridgehead atoms. The maximum Gasteiger partial charge on any atom is 0.310 e. The zero-order chi connectivity index (χ0) is 12.4. The summed E-state index contributed by atoms with van der Waals surface area (Å²) in [5.74, 6) is -0.892. The number of carboxylic acids is 1. The highest BCUT2D eigenvalue weighted by atomic mass is 32.2. The van der Waals surface area contributed by atoms with Gasteiger partial charge in [0.05, 0.1) is 10.7 Å². The van der Waals surface area contributed by atoms with Crippen molar-refractivity contribution in [2.75, 3.05) is 6.54 Å². The Labute approximate surface area is 96.3 Å². The first-order chi connectivity index (χ1) is 7.30. The van der Waals surface area contributed by atoms with Gasteiger partial charge in [-0.15, -0.1) is 0 Å². The smallest absolute Gasteiger partial charge is 0.310 e. The molecule has 0 spiro atoms. The average molecular weight is 249 g/mol. The predicted octanol–water partition coefficient (Wildman–Crippen LogP) is 0.959. The summed E-state index contributed by atoms with van der Waals surface area (Å²) in [5, 5.41) is 8.64. The van der Waals surface area contributed by atoms with E-state index in [1.807, 2.05) is 0 Å². The molecule has 0 unspecified atom stereocenters. The summed E-state index contributed by atoms with van der Waals surface area (Å²) in [4.78, 5) is 11.2. The Morgan fingerprint density at radius 3 is 2.25 bits per heavy atom. The third-order valence-corrected chi connectivity index (χ3v) is 5.03. The van der Waals surface area contributed by atoms with Crippen molar-refractivity contribution in [2.45, 2.75) is 44.8 Å². The summed E-state index contributed by atoms with van der Waals surface area (Å²) in [6, 6.07) is 0. The van der Waals surface area contributed by atoms with E-state index in [0.29, 0.717) is 12.8 Å². The van der Waals surface area contributed by atoms with Crippen molar-refractivity contribution in [1.82, 2.24) is 4.72 Å². The third-order valence-electron chi connectivity index (χ3n) is 3.25. The van der Waals surface area contributed by atoms with Gasteiger partial charge < -0.3 is 5.11 Å². The Morgan fingerprint density at radius 1 is 1.38 bits per heavy atom. The quantitative estimate of drug-likeness (QED) is 0.760. The van der Waals surface area contributed by atoms with Crippen molar-refractivity contribution in [3.8, 4) is 0 Å². The first kappa shape index (κ1) is 13.4. The summed E-state index contributed by atoms with van der Waals surface area (Å²) >= 11 is 0. The normalized spacial score (nSPS) is 20.2. The molecule has 0 amide bonds. The second-order valence-electron chi connectivity index (χ2n) is 4.71. The fraction of sp³-hybridized carbons (Fsp3) is 0.900. The van der Waals surface area contributed by atoms with Gasteiger partial charge in [-0.3, -0.25) is 4.79 Å². The van der Waals surface area contributed by atoms with Gasteiger partial charge in [-0.1, -0.05) is 12.8 Å². The zero-order valence-corrected chi connectivity index (χ0v) is 10.5. The standard InChI is InChI=1S/C10H19NO4S/c1-8(2)16(14,15)11-7-10(9(12)13)5-3-4-6-10/h8,11H,3-7H2,1-2H3,(H,12,13). The Bertz CT molecular complexity index is 355. The van der Waals surface area contributed by atoms with Crippen LogP contribution in [0.15, 0.2) is 0 Å². The Balaban J connectivity index is 2.69. The van der Waals surface area contributed by atoms with Crippen molar-refractivity contribution in [3.63, 3.8) is 0 Å². The molecule has 1 fully saturated rings. The van der Waals surface area contributed by atoms with Crippen LogP contribution in [0.5, 0.6) is 0 Å². The Kier molecular flexibility index (Phi) is 3.96. The highest BCUT2D eigenvalue weighted by Crippen LogP contribution is 2.37. The molecule has 1 saturated carbocycles. The molecule has 0 radical (unpaired) electrons. The molecule has 0 aromatic heterocycles. The van der Waals surface area contributed by atoms with Gasteiger partial charge >= 0.3 is 5.97 Å². The number of carbonyl (C=O) groups is 1. The summed E-state index contributed by atoms with van der Waals surface area (Å²) in [5.41, 5.74) is -0.887. The molecule has 1 rings (SSSR count). The number of hydrogen-bond donors (Lipinski definition) is 2. The average Bonchev–Trinajstić information content (AvgIpc) is 2.64. The van der Waals surface area contributed by atoms with Crippen molar-refractivity contribution in [2.24, 2.45) is 5.41 Å². The molecule has 16 heavy (non-hydrogen) atoms. The van der Waals surface area contributed by atoms with Crippen LogP contribution in [0.4, 0.5) is 0 Å². The number of sulfonamides is 1. The largest absolute Gasteiger partial charge is 0.481 e. The van der Waals surface area contributed by atoms with E-state index in [2.05, 4.69) is 4.72 Å². The van der Waals surface area contributed by atoms with Crippen molar-refractivity contribution in [3.05, 3.63) is 0 Å². The van der Waals surface area contributed by atoms with E-state index < -0.39 is 26.7 Å². The van der Waals surface area contributed by atoms with Gasteiger partial charge in [-0.25, -0.2) is 13.1 Å². The predicted molar refractivity (Wildman–Crippen MR) is 60.6 cm³/mol. The van der Waals surface area contributed by atoms with E-state index in [9.17, 15) is 13.2 Å². The molecule has 5 nitrogen and oxygen atoms in total. The van der Waals surface area contributed by atoms with E-state index in [-0.39, 0.29) is 6.54 Å². The van der Waals surface area contributed by atoms with Crippen LogP contribution >= 0.6 is 0 Å². The third kappa shape index (κ3) is 2.74. The summed E-state index contributed by atoms with van der Waals surface area (Å²) in [6.07, 6.45) is 2.83. The SMILES string of the molecule is CC(C)S(=O)(=O)NCC1(C(=O)O)CCCC1. The lowest BCUT2D eigenvalue weighted by Crippen LogP contribution is -2.43. The van der Waals surface area contributed by atoms with E-state index in [0.717, 1.165) is 12.8 Å². The monoisotopic (exact) mass is 249 g/mol. The molecule has 0 aromatic carbocycles. The topological polar surface area (TPSA) is 83.5 Å². The maximum absolute atomic E-state index is 11.5. The number of hydrogen-bond acceptors (Lipinski definition) is 3. The van der Waals surface area contributed by atoms with Crippen LogP contribution in [-0.4, -0.2) is 31.3 Å². The van der Waals surface area contributed by atoms with Crippen molar-refractivity contribution >= 4 is 16.0 Å². The molecular formula is C10H19NO4S. The van der Waals surface area contributed by atoms with Crippen LogP contribution in [0.3, 0.4) is 0 Å². The van der Waals surface area contributed by atoms with Crippen LogP contribution in [0.25, 0.3) is 0 Å². The summed E-state index contributed by atoms with van der Waals surface area (Å²) in [6.45, 7) is 3.16. The minimum Gasteiger partial charge on any atom is -0.481 e. The van der Waals surface area contributed by atoms with E-state index >= 15 is 0 Å². The Morgan fingerprint density at radius 2 is 1.88 bits per heavy atom. The van der Waals surface area contributed by atoms with Crippen molar-refractivity contribution in [1.29, 1.82) is 0 Å². The first-order valence-electron chi connectivity index (χ1n) is 5.52. The second-order valence-corrected chi connectivity index (χ2v) is 7.03. The maximum atomic E-state index is 11.5. The lowest BCUT2D eigenvalue weighted by Gasteiger charge is -2.24. The van der Waals surface area contributed by atoms with Gasteiger partial charge in [-0.2, -0.15) is 0 Å². The van der Waals surface area contributed by atoms with Crippen molar-refractivity contribution < 1.29 is 18.3 Å². The Hall–Kier alpha value is -0.620. The second kappa shape index (κ2) is 4.71. The van der Waals surface area contributed by atoms with Crippen LogP contribution in [0, 0.1) is 5.41 Å². The fourth-order valence-electron chi connectivity index (χ4n) is 1.92. The minimum atomic E-state index is -3.37. The minimum absolute atomic E-state index is 0.0167. The van der Waals surface area contributed by atoms with Crippen LogP contribution in [0.2, 0.25) is 0 Å². The van der Waals surface area contributed by atoms with Gasteiger partial charge in [0.15, 0.2) is 0 Å². The molecule has 0 aliphatic heterocycles. The molecule has 0 heterocycles. The lowest BCUT2D eigenvalue weighted by molar-refractivity contribution is -0.148. The van der Waals surface area contributed by atoms with Gasteiger partial charge in [0.25, 0.3) is 0 Å². The van der Waals surface area contributed by atoms with Gasteiger partial charge in [0.1, 0.15) is 0 Å². The molecule has 94 valence electrons. The highest BCUT2D eigenvalue weighted by molar-refractivity contribution is 7.90. The van der Waals surface area contributed by atoms with Crippen LogP contribution < -0.4 is 4.72 Å². The number of nitrogens with one attached hydrogen (secondary N) is 1. The van der Waals surface area contributed by atoms with Gasteiger partial charge in [0, 0.05) is 6.54 Å². The fourth-order valence-corrected chi connectivity index (χ4v) is 2.73. The van der Waals surface area contributed by atoms with Gasteiger partial charge in [0.2, 0.25) is 10.0 Å². The molecular weight excluding hydrogens is 230 g/mol. The number of aliphatic carboxylic acids is 1. The highest BCUT2D eigenvalue weighted by Gasteiger charge is 2.42. The molecule has 1 aliphatic rings. The molecule has 0 saturated heterocycles. The van der Waals surface area contributed by atoms with Gasteiger partial charge in [-0.05, 0) is 26.7 Å². The van der Waals surface area contributed by atoms with E-state index in [4.69, 9.17) is 5.11 Å². The molecule has 6 heteroatoms. The molecule has 0 atom stereocenters. The molecule has 0 aromatic rings. The molecule has 1 aliphatic carbocycles. The zero-order valence-electron chi connectivity index (χ0n) is 9.69. The molecule has 2 N–H and O–H groups in total. The first-order valence-corrected chi connectivity index (χ1v) is 7.07. The number of rotatable bonds is 5. The van der Waals surface area contributed by atoms with Crippen LogP contribution in [-0.2, 0) is 14.8 Å². The van der Waals surface area contributed by atoms with E-state index in [1.54, 1.807) is 13.8 Å².